The minimum Gasteiger partial charge on any atom is -0.312 e. The van der Waals surface area contributed by atoms with E-state index in [0.717, 1.165) is 13.1 Å². The summed E-state index contributed by atoms with van der Waals surface area (Å²) in [4.78, 5) is 4.17. The molecule has 2 nitrogen and oxygen atoms in total. The highest BCUT2D eigenvalue weighted by Gasteiger charge is 2.18. The summed E-state index contributed by atoms with van der Waals surface area (Å²) in [6.07, 6.45) is 9.45. The third kappa shape index (κ3) is 3.71. The van der Waals surface area contributed by atoms with Gasteiger partial charge in [-0.3, -0.25) is 4.99 Å². The van der Waals surface area contributed by atoms with Crippen molar-refractivity contribution >= 4 is 6.21 Å². The van der Waals surface area contributed by atoms with Gasteiger partial charge in [-0.2, -0.15) is 0 Å². The molecule has 0 aromatic heterocycles. The Labute approximate surface area is 86.1 Å². The Kier molecular flexibility index (Phi) is 3.84. The van der Waals surface area contributed by atoms with Gasteiger partial charge in [0.05, 0.1) is 0 Å². The predicted octanol–water partition coefficient (Wildman–Crippen LogP) is 2.31. The molecule has 0 amide bonds. The molecule has 1 N–H and O–H groups in total. The SMILES string of the molecule is C=C/C=C\N=CC1=CC(C)(C)CNC1. The molecular formula is C12H18N2. The molecule has 0 bridgehead atoms. The summed E-state index contributed by atoms with van der Waals surface area (Å²) in [5.41, 5.74) is 1.48. The second-order valence-corrected chi connectivity index (χ2v) is 4.17. The molecule has 0 saturated heterocycles. The van der Waals surface area contributed by atoms with Crippen molar-refractivity contribution < 1.29 is 0 Å². The van der Waals surface area contributed by atoms with Gasteiger partial charge in [-0.1, -0.05) is 32.6 Å². The largest absolute Gasteiger partial charge is 0.312 e. The van der Waals surface area contributed by atoms with Gasteiger partial charge in [0.2, 0.25) is 0 Å². The molecule has 1 heterocycles. The van der Waals surface area contributed by atoms with Gasteiger partial charge in [-0.25, -0.2) is 0 Å². The Balaban J connectivity index is 2.60. The van der Waals surface area contributed by atoms with Crippen LogP contribution in [0.4, 0.5) is 0 Å². The second-order valence-electron chi connectivity index (χ2n) is 4.17. The number of hydrogen-bond donors (Lipinski definition) is 1. The average Bonchev–Trinajstić information content (AvgIpc) is 2.11. The summed E-state index contributed by atoms with van der Waals surface area (Å²) in [6.45, 7) is 9.96. The Hall–Kier alpha value is -1.15. The van der Waals surface area contributed by atoms with Crippen LogP contribution in [0.2, 0.25) is 0 Å². The highest BCUT2D eigenvalue weighted by molar-refractivity contribution is 5.80. The van der Waals surface area contributed by atoms with Gasteiger partial charge in [-0.05, 0) is 17.1 Å². The van der Waals surface area contributed by atoms with Crippen molar-refractivity contribution in [2.75, 3.05) is 13.1 Å². The number of aliphatic imine (C=N–C) groups is 1. The van der Waals surface area contributed by atoms with E-state index in [2.05, 4.69) is 36.8 Å². The lowest BCUT2D eigenvalue weighted by Crippen LogP contribution is -2.34. The maximum absolute atomic E-state index is 4.17. The van der Waals surface area contributed by atoms with Gasteiger partial charge in [0.15, 0.2) is 0 Å². The summed E-state index contributed by atoms with van der Waals surface area (Å²) >= 11 is 0. The smallest absolute Gasteiger partial charge is 0.0309 e. The van der Waals surface area contributed by atoms with E-state index in [1.54, 1.807) is 12.3 Å². The van der Waals surface area contributed by atoms with Crippen LogP contribution in [-0.2, 0) is 0 Å². The predicted molar refractivity (Wildman–Crippen MR) is 62.6 cm³/mol. The maximum Gasteiger partial charge on any atom is 0.0309 e. The zero-order chi connectivity index (χ0) is 10.4. The van der Waals surface area contributed by atoms with Crippen LogP contribution in [-0.4, -0.2) is 19.3 Å². The van der Waals surface area contributed by atoms with Crippen molar-refractivity contribution in [1.29, 1.82) is 0 Å². The number of rotatable bonds is 3. The van der Waals surface area contributed by atoms with Gasteiger partial charge in [-0.15, -0.1) is 0 Å². The van der Waals surface area contributed by atoms with Gasteiger partial charge < -0.3 is 5.32 Å². The van der Waals surface area contributed by atoms with Gasteiger partial charge in [0.25, 0.3) is 0 Å². The summed E-state index contributed by atoms with van der Waals surface area (Å²) < 4.78 is 0. The Morgan fingerprint density at radius 1 is 1.57 bits per heavy atom. The second kappa shape index (κ2) is 4.91. The first-order valence-electron chi connectivity index (χ1n) is 4.87. The molecule has 1 aliphatic heterocycles. The van der Waals surface area contributed by atoms with Crippen LogP contribution in [0.1, 0.15) is 13.8 Å². The zero-order valence-electron chi connectivity index (χ0n) is 8.96. The molecule has 14 heavy (non-hydrogen) atoms. The van der Waals surface area contributed by atoms with Gasteiger partial charge in [0, 0.05) is 25.5 Å². The lowest BCUT2D eigenvalue weighted by Gasteiger charge is -2.26. The first-order chi connectivity index (χ1) is 6.64. The highest BCUT2D eigenvalue weighted by Crippen LogP contribution is 2.20. The Morgan fingerprint density at radius 3 is 3.00 bits per heavy atom. The molecule has 0 aromatic carbocycles. The van der Waals surface area contributed by atoms with E-state index in [4.69, 9.17) is 0 Å². The molecule has 0 atom stereocenters. The van der Waals surface area contributed by atoms with Gasteiger partial charge >= 0.3 is 0 Å². The lowest BCUT2D eigenvalue weighted by atomic mass is 9.88. The third-order valence-electron chi connectivity index (χ3n) is 2.03. The summed E-state index contributed by atoms with van der Waals surface area (Å²) in [5.74, 6) is 0. The van der Waals surface area contributed by atoms with Crippen LogP contribution >= 0.6 is 0 Å². The summed E-state index contributed by atoms with van der Waals surface area (Å²) in [7, 11) is 0. The van der Waals surface area contributed by atoms with Crippen molar-refractivity contribution in [2.24, 2.45) is 10.4 Å². The van der Waals surface area contributed by atoms with E-state index in [-0.39, 0.29) is 5.41 Å². The molecule has 0 saturated carbocycles. The van der Waals surface area contributed by atoms with Crippen LogP contribution in [0.5, 0.6) is 0 Å². The maximum atomic E-state index is 4.17. The number of nitrogens with one attached hydrogen (secondary N) is 1. The molecule has 0 aliphatic carbocycles. The van der Waals surface area contributed by atoms with Crippen molar-refractivity contribution in [1.82, 2.24) is 5.32 Å². The van der Waals surface area contributed by atoms with Crippen LogP contribution in [0.15, 0.2) is 41.6 Å². The molecule has 1 rings (SSSR count). The summed E-state index contributed by atoms with van der Waals surface area (Å²) in [6, 6.07) is 0. The molecule has 0 aromatic rings. The fourth-order valence-electron chi connectivity index (χ4n) is 1.47. The van der Waals surface area contributed by atoms with E-state index in [0.29, 0.717) is 0 Å². The molecule has 1 aliphatic rings. The van der Waals surface area contributed by atoms with Crippen LogP contribution < -0.4 is 5.32 Å². The summed E-state index contributed by atoms with van der Waals surface area (Å²) in [5, 5.41) is 3.36. The highest BCUT2D eigenvalue weighted by atomic mass is 14.9. The van der Waals surface area contributed by atoms with Crippen LogP contribution in [0.3, 0.4) is 0 Å². The molecule has 0 fully saturated rings. The molecule has 2 heteroatoms. The van der Waals surface area contributed by atoms with Crippen LogP contribution in [0.25, 0.3) is 0 Å². The van der Waals surface area contributed by atoms with E-state index >= 15 is 0 Å². The first kappa shape index (κ1) is 10.9. The van der Waals surface area contributed by atoms with E-state index in [1.807, 2.05) is 12.3 Å². The molecule has 0 radical (unpaired) electrons. The molecule has 76 valence electrons. The molecule has 0 spiro atoms. The number of hydrogen-bond acceptors (Lipinski definition) is 2. The average molecular weight is 190 g/mol. The topological polar surface area (TPSA) is 24.4 Å². The molecular weight excluding hydrogens is 172 g/mol. The van der Waals surface area contributed by atoms with Crippen molar-refractivity contribution in [3.05, 3.63) is 36.6 Å². The van der Waals surface area contributed by atoms with Crippen molar-refractivity contribution in [3.63, 3.8) is 0 Å². The Morgan fingerprint density at radius 2 is 2.36 bits per heavy atom. The van der Waals surface area contributed by atoms with Crippen LogP contribution in [0, 0.1) is 5.41 Å². The van der Waals surface area contributed by atoms with Gasteiger partial charge in [0.1, 0.15) is 0 Å². The number of nitrogens with zero attached hydrogens (tertiary/aromatic N) is 1. The minimum absolute atomic E-state index is 0.238. The quantitative estimate of drug-likeness (QED) is 0.536. The fraction of sp³-hybridized carbons (Fsp3) is 0.417. The van der Waals surface area contributed by atoms with E-state index in [9.17, 15) is 0 Å². The standard InChI is InChI=1S/C12H18N2/c1-4-5-6-13-8-11-7-12(2,3)10-14-9-11/h4-8,14H,1,9-10H2,2-3H3/b6-5-,13-8?. The lowest BCUT2D eigenvalue weighted by molar-refractivity contribution is 0.423. The molecule has 0 unspecified atom stereocenters. The third-order valence-corrected chi connectivity index (χ3v) is 2.03. The monoisotopic (exact) mass is 190 g/mol. The van der Waals surface area contributed by atoms with E-state index in [1.165, 1.54) is 5.57 Å². The van der Waals surface area contributed by atoms with E-state index < -0.39 is 0 Å². The van der Waals surface area contributed by atoms with Crippen molar-refractivity contribution in [2.45, 2.75) is 13.8 Å². The minimum atomic E-state index is 0.238. The van der Waals surface area contributed by atoms with Crippen molar-refractivity contribution in [3.8, 4) is 0 Å². The first-order valence-corrected chi connectivity index (χ1v) is 4.87. The normalized spacial score (nSPS) is 21.4. The number of allylic oxidation sites excluding steroid dienone is 2. The Bertz CT molecular complexity index is 283. The fourth-order valence-corrected chi connectivity index (χ4v) is 1.47. The zero-order valence-corrected chi connectivity index (χ0v) is 8.96.